The van der Waals surface area contributed by atoms with Crippen molar-refractivity contribution in [1.29, 1.82) is 0 Å². The second kappa shape index (κ2) is 8.49. The number of hydrogen-bond donors (Lipinski definition) is 1. The third-order valence-electron chi connectivity index (χ3n) is 5.21. The summed E-state index contributed by atoms with van der Waals surface area (Å²) in [5.74, 6) is 0.934. The Bertz CT molecular complexity index is 1060. The van der Waals surface area contributed by atoms with Crippen molar-refractivity contribution in [3.05, 3.63) is 65.5 Å². The summed E-state index contributed by atoms with van der Waals surface area (Å²) in [6, 6.07) is 15.1. The SMILES string of the molecule is CC(=O)Nc1ccc(CC(=O)N2CCC[C@H]2c2nc(-c3cccc(C)c3)no2)cc1. The molecule has 3 aromatic rings. The Morgan fingerprint density at radius 1 is 1.20 bits per heavy atom. The van der Waals surface area contributed by atoms with Crippen molar-refractivity contribution in [2.24, 2.45) is 0 Å². The van der Waals surface area contributed by atoms with E-state index in [0.29, 0.717) is 23.9 Å². The molecular weight excluding hydrogens is 380 g/mol. The fourth-order valence-electron chi connectivity index (χ4n) is 3.78. The van der Waals surface area contributed by atoms with E-state index in [1.807, 2.05) is 48.2 Å². The summed E-state index contributed by atoms with van der Waals surface area (Å²) >= 11 is 0. The van der Waals surface area contributed by atoms with Crippen LogP contribution in [0.15, 0.2) is 53.1 Å². The average Bonchev–Trinajstić information content (AvgIpc) is 3.38. The lowest BCUT2D eigenvalue weighted by Gasteiger charge is -2.22. The predicted molar refractivity (Wildman–Crippen MR) is 113 cm³/mol. The van der Waals surface area contributed by atoms with Crippen LogP contribution in [0.3, 0.4) is 0 Å². The molecule has 0 aliphatic carbocycles. The summed E-state index contributed by atoms with van der Waals surface area (Å²) in [5.41, 5.74) is 3.64. The van der Waals surface area contributed by atoms with E-state index in [-0.39, 0.29) is 24.3 Å². The van der Waals surface area contributed by atoms with E-state index in [9.17, 15) is 9.59 Å². The van der Waals surface area contributed by atoms with Crippen LogP contribution in [0.25, 0.3) is 11.4 Å². The normalized spacial score (nSPS) is 15.9. The molecule has 0 saturated carbocycles. The summed E-state index contributed by atoms with van der Waals surface area (Å²) in [4.78, 5) is 30.5. The highest BCUT2D eigenvalue weighted by Gasteiger charge is 2.34. The van der Waals surface area contributed by atoms with Gasteiger partial charge < -0.3 is 14.7 Å². The number of carbonyl (C=O) groups excluding carboxylic acids is 2. The van der Waals surface area contributed by atoms with E-state index in [1.54, 1.807) is 12.1 Å². The quantitative estimate of drug-likeness (QED) is 0.697. The van der Waals surface area contributed by atoms with E-state index in [4.69, 9.17) is 4.52 Å². The Morgan fingerprint density at radius 3 is 2.73 bits per heavy atom. The average molecular weight is 404 g/mol. The molecule has 30 heavy (non-hydrogen) atoms. The van der Waals surface area contributed by atoms with Gasteiger partial charge in [-0.25, -0.2) is 0 Å². The van der Waals surface area contributed by atoms with E-state index >= 15 is 0 Å². The smallest absolute Gasteiger partial charge is 0.249 e. The number of rotatable bonds is 5. The Balaban J connectivity index is 1.46. The van der Waals surface area contributed by atoms with Gasteiger partial charge in [0, 0.05) is 24.7 Å². The number of amides is 2. The number of hydrogen-bond acceptors (Lipinski definition) is 5. The van der Waals surface area contributed by atoms with E-state index < -0.39 is 0 Å². The van der Waals surface area contributed by atoms with Crippen molar-refractivity contribution in [3.63, 3.8) is 0 Å². The number of nitrogens with zero attached hydrogens (tertiary/aromatic N) is 3. The van der Waals surface area contributed by atoms with Crippen LogP contribution in [0, 0.1) is 6.92 Å². The van der Waals surface area contributed by atoms with Gasteiger partial charge in [-0.1, -0.05) is 41.1 Å². The molecule has 2 heterocycles. The molecule has 1 aromatic heterocycles. The molecule has 1 N–H and O–H groups in total. The molecule has 7 nitrogen and oxygen atoms in total. The molecule has 4 rings (SSSR count). The predicted octanol–water partition coefficient (Wildman–Crippen LogP) is 3.91. The first kappa shape index (κ1) is 19.8. The number of aromatic nitrogens is 2. The van der Waals surface area contributed by atoms with Gasteiger partial charge in [0.25, 0.3) is 0 Å². The molecule has 0 unspecified atom stereocenters. The van der Waals surface area contributed by atoms with E-state index in [1.165, 1.54) is 6.92 Å². The van der Waals surface area contributed by atoms with Crippen LogP contribution < -0.4 is 5.32 Å². The number of carbonyl (C=O) groups is 2. The number of anilines is 1. The van der Waals surface area contributed by atoms with Crippen LogP contribution in [0.2, 0.25) is 0 Å². The summed E-state index contributed by atoms with van der Waals surface area (Å²) in [5, 5.41) is 6.85. The minimum Gasteiger partial charge on any atom is -0.337 e. The van der Waals surface area contributed by atoms with Crippen molar-refractivity contribution in [3.8, 4) is 11.4 Å². The molecule has 1 fully saturated rings. The van der Waals surface area contributed by atoms with E-state index in [0.717, 1.165) is 29.5 Å². The van der Waals surface area contributed by atoms with Crippen LogP contribution >= 0.6 is 0 Å². The largest absolute Gasteiger partial charge is 0.337 e. The Hall–Kier alpha value is -3.48. The monoisotopic (exact) mass is 404 g/mol. The minimum atomic E-state index is -0.192. The lowest BCUT2D eigenvalue weighted by atomic mass is 10.1. The first-order valence-electron chi connectivity index (χ1n) is 10.1. The highest BCUT2D eigenvalue weighted by molar-refractivity contribution is 5.88. The maximum Gasteiger partial charge on any atom is 0.249 e. The van der Waals surface area contributed by atoms with Gasteiger partial charge in [-0.05, 0) is 43.5 Å². The number of likely N-dealkylation sites (tertiary alicyclic amines) is 1. The second-order valence-corrected chi connectivity index (χ2v) is 7.63. The standard InChI is InChI=1S/C23H24N4O3/c1-15-5-3-6-18(13-15)22-25-23(30-26-22)20-7-4-12-27(20)21(29)14-17-8-10-19(11-9-17)24-16(2)28/h3,5-6,8-11,13,20H,4,7,12,14H2,1-2H3,(H,24,28)/t20-/m0/s1. The van der Waals surface area contributed by atoms with Crippen molar-refractivity contribution in [2.45, 2.75) is 39.2 Å². The molecule has 7 heteroatoms. The Morgan fingerprint density at radius 2 is 2.00 bits per heavy atom. The summed E-state index contributed by atoms with van der Waals surface area (Å²) in [6.07, 6.45) is 2.00. The first-order valence-corrected chi connectivity index (χ1v) is 10.1. The zero-order valence-corrected chi connectivity index (χ0v) is 17.1. The fraction of sp³-hybridized carbons (Fsp3) is 0.304. The molecule has 0 spiro atoms. The van der Waals surface area contributed by atoms with Gasteiger partial charge in [0.2, 0.25) is 23.5 Å². The number of benzene rings is 2. The molecule has 2 amide bonds. The highest BCUT2D eigenvalue weighted by atomic mass is 16.5. The van der Waals surface area contributed by atoms with Gasteiger partial charge >= 0.3 is 0 Å². The fourth-order valence-corrected chi connectivity index (χ4v) is 3.78. The van der Waals surface area contributed by atoms with Crippen LogP contribution in [-0.4, -0.2) is 33.4 Å². The van der Waals surface area contributed by atoms with Crippen LogP contribution in [-0.2, 0) is 16.0 Å². The van der Waals surface area contributed by atoms with Crippen molar-refractivity contribution < 1.29 is 14.1 Å². The zero-order valence-electron chi connectivity index (χ0n) is 17.1. The van der Waals surface area contributed by atoms with Crippen molar-refractivity contribution in [1.82, 2.24) is 15.0 Å². The molecule has 0 radical (unpaired) electrons. The maximum absolute atomic E-state index is 12.9. The summed E-state index contributed by atoms with van der Waals surface area (Å²) < 4.78 is 5.53. The topological polar surface area (TPSA) is 88.3 Å². The van der Waals surface area contributed by atoms with Crippen LogP contribution in [0.4, 0.5) is 5.69 Å². The highest BCUT2D eigenvalue weighted by Crippen LogP contribution is 2.32. The van der Waals surface area contributed by atoms with Crippen LogP contribution in [0.5, 0.6) is 0 Å². The summed E-state index contributed by atoms with van der Waals surface area (Å²) in [7, 11) is 0. The molecule has 1 saturated heterocycles. The van der Waals surface area contributed by atoms with Gasteiger partial charge in [0.05, 0.1) is 6.42 Å². The molecule has 0 bridgehead atoms. The van der Waals surface area contributed by atoms with Gasteiger partial charge in [-0.2, -0.15) is 4.98 Å². The molecule has 154 valence electrons. The molecule has 1 aliphatic rings. The lowest BCUT2D eigenvalue weighted by molar-refractivity contribution is -0.131. The molecule has 1 aliphatic heterocycles. The molecule has 1 atom stereocenters. The third-order valence-corrected chi connectivity index (χ3v) is 5.21. The van der Waals surface area contributed by atoms with Gasteiger partial charge in [0.15, 0.2) is 0 Å². The number of nitrogens with one attached hydrogen (secondary N) is 1. The van der Waals surface area contributed by atoms with Crippen molar-refractivity contribution in [2.75, 3.05) is 11.9 Å². The Labute approximate surface area is 175 Å². The first-order chi connectivity index (χ1) is 14.5. The maximum atomic E-state index is 12.9. The van der Waals surface area contributed by atoms with E-state index in [2.05, 4.69) is 15.5 Å². The third kappa shape index (κ3) is 4.40. The summed E-state index contributed by atoms with van der Waals surface area (Å²) in [6.45, 7) is 4.16. The van der Waals surface area contributed by atoms with Gasteiger partial charge in [-0.15, -0.1) is 0 Å². The zero-order chi connectivity index (χ0) is 21.1. The lowest BCUT2D eigenvalue weighted by Crippen LogP contribution is -2.32. The minimum absolute atomic E-state index is 0.0279. The van der Waals surface area contributed by atoms with Crippen molar-refractivity contribution >= 4 is 17.5 Å². The molecule has 2 aromatic carbocycles. The molecular formula is C23H24N4O3. The van der Waals surface area contributed by atoms with Gasteiger partial charge in [-0.3, -0.25) is 9.59 Å². The number of aryl methyl sites for hydroxylation is 1. The second-order valence-electron chi connectivity index (χ2n) is 7.63. The van der Waals surface area contributed by atoms with Crippen LogP contribution in [0.1, 0.15) is 42.8 Å². The van der Waals surface area contributed by atoms with Gasteiger partial charge in [0.1, 0.15) is 6.04 Å². The Kier molecular flexibility index (Phi) is 5.61.